The van der Waals surface area contributed by atoms with Gasteiger partial charge >= 0.3 is 0 Å². The standard InChI is InChI=1S/C22H29N3O2/c1-22(2,25-11-5-6-12-25)21(27)24-14-17(20(26)15-24)13-18-10-9-16-7-3-4-8-19(16)23-18/h3-4,7-10,17,20,26H,5-6,11-15H2,1-2H3/t17-,20-/m1/s1. The first-order chi connectivity index (χ1) is 12.9. The summed E-state index contributed by atoms with van der Waals surface area (Å²) in [6.45, 7) is 7.04. The molecule has 0 bridgehead atoms. The maximum absolute atomic E-state index is 13.1. The molecule has 2 aliphatic heterocycles. The molecule has 0 spiro atoms. The normalized spacial score (nSPS) is 24.0. The molecule has 2 fully saturated rings. The van der Waals surface area contributed by atoms with Gasteiger partial charge in [0.2, 0.25) is 5.91 Å². The van der Waals surface area contributed by atoms with Crippen molar-refractivity contribution in [3.8, 4) is 0 Å². The van der Waals surface area contributed by atoms with Crippen molar-refractivity contribution in [1.82, 2.24) is 14.8 Å². The Morgan fingerprint density at radius 1 is 1.15 bits per heavy atom. The Morgan fingerprint density at radius 3 is 2.67 bits per heavy atom. The van der Waals surface area contributed by atoms with Crippen molar-refractivity contribution in [2.45, 2.75) is 44.8 Å². The van der Waals surface area contributed by atoms with Crippen molar-refractivity contribution in [3.05, 3.63) is 42.1 Å². The molecule has 3 heterocycles. The Kier molecular flexibility index (Phi) is 4.91. The number of carbonyl (C=O) groups is 1. The summed E-state index contributed by atoms with van der Waals surface area (Å²) in [4.78, 5) is 22.0. The van der Waals surface area contributed by atoms with Crippen LogP contribution in [0.2, 0.25) is 0 Å². The lowest BCUT2D eigenvalue weighted by molar-refractivity contribution is -0.141. The maximum Gasteiger partial charge on any atom is 0.242 e. The second-order valence-electron chi connectivity index (χ2n) is 8.49. The quantitative estimate of drug-likeness (QED) is 0.902. The molecule has 0 unspecified atom stereocenters. The van der Waals surface area contributed by atoms with Crippen LogP contribution in [-0.4, -0.2) is 63.6 Å². The van der Waals surface area contributed by atoms with E-state index >= 15 is 0 Å². The van der Waals surface area contributed by atoms with Crippen molar-refractivity contribution in [3.63, 3.8) is 0 Å². The van der Waals surface area contributed by atoms with Crippen LogP contribution in [0.1, 0.15) is 32.4 Å². The van der Waals surface area contributed by atoms with Crippen LogP contribution in [0.25, 0.3) is 10.9 Å². The Morgan fingerprint density at radius 2 is 1.89 bits per heavy atom. The Balaban J connectivity index is 1.45. The van der Waals surface area contributed by atoms with Gasteiger partial charge in [0.25, 0.3) is 0 Å². The van der Waals surface area contributed by atoms with Crippen LogP contribution < -0.4 is 0 Å². The molecule has 2 saturated heterocycles. The van der Waals surface area contributed by atoms with E-state index < -0.39 is 11.6 Å². The van der Waals surface area contributed by atoms with Crippen molar-refractivity contribution in [2.24, 2.45) is 5.92 Å². The molecule has 2 aliphatic rings. The first-order valence-corrected chi connectivity index (χ1v) is 10.0. The molecule has 0 radical (unpaired) electrons. The van der Waals surface area contributed by atoms with Gasteiger partial charge in [-0.05, 0) is 58.3 Å². The van der Waals surface area contributed by atoms with Crippen molar-refractivity contribution in [2.75, 3.05) is 26.2 Å². The van der Waals surface area contributed by atoms with Gasteiger partial charge in [0, 0.05) is 30.1 Å². The number of rotatable bonds is 4. The number of pyridine rings is 1. The van der Waals surface area contributed by atoms with E-state index in [4.69, 9.17) is 4.98 Å². The summed E-state index contributed by atoms with van der Waals surface area (Å²) in [5.41, 5.74) is 1.46. The Labute approximate surface area is 161 Å². The summed E-state index contributed by atoms with van der Waals surface area (Å²) in [6, 6.07) is 12.2. The summed E-state index contributed by atoms with van der Waals surface area (Å²) >= 11 is 0. The molecule has 4 rings (SSSR count). The Hall–Kier alpha value is -1.98. The highest BCUT2D eigenvalue weighted by Crippen LogP contribution is 2.28. The monoisotopic (exact) mass is 367 g/mol. The third-order valence-corrected chi connectivity index (χ3v) is 6.24. The lowest BCUT2D eigenvalue weighted by Gasteiger charge is -2.37. The van der Waals surface area contributed by atoms with Crippen molar-refractivity contribution >= 4 is 16.8 Å². The van der Waals surface area contributed by atoms with Gasteiger partial charge in [-0.3, -0.25) is 14.7 Å². The van der Waals surface area contributed by atoms with Gasteiger partial charge in [-0.15, -0.1) is 0 Å². The molecule has 0 saturated carbocycles. The minimum Gasteiger partial charge on any atom is -0.391 e. The average Bonchev–Trinajstić information content (AvgIpc) is 3.32. The van der Waals surface area contributed by atoms with E-state index in [1.165, 1.54) is 0 Å². The second-order valence-corrected chi connectivity index (χ2v) is 8.49. The molecule has 5 nitrogen and oxygen atoms in total. The SMILES string of the molecule is CC(C)(C(=O)N1C[C@@H](Cc2ccc3ccccc3n2)[C@H](O)C1)N1CCCC1. The molecular formula is C22H29N3O2. The fourth-order valence-electron chi connectivity index (χ4n) is 4.51. The molecule has 1 N–H and O–H groups in total. The first kappa shape index (κ1) is 18.4. The summed E-state index contributed by atoms with van der Waals surface area (Å²) in [7, 11) is 0. The topological polar surface area (TPSA) is 56.7 Å². The number of hydrogen-bond donors (Lipinski definition) is 1. The van der Waals surface area contributed by atoms with E-state index in [0.29, 0.717) is 19.5 Å². The largest absolute Gasteiger partial charge is 0.391 e. The van der Waals surface area contributed by atoms with Gasteiger partial charge in [0.05, 0.1) is 17.2 Å². The van der Waals surface area contributed by atoms with Crippen LogP contribution in [0, 0.1) is 5.92 Å². The van der Waals surface area contributed by atoms with Crippen LogP contribution >= 0.6 is 0 Å². The molecule has 1 amide bonds. The lowest BCUT2D eigenvalue weighted by atomic mass is 9.99. The average molecular weight is 367 g/mol. The zero-order valence-corrected chi connectivity index (χ0v) is 16.3. The fraction of sp³-hybridized carbons (Fsp3) is 0.545. The van der Waals surface area contributed by atoms with Crippen LogP contribution in [0.15, 0.2) is 36.4 Å². The van der Waals surface area contributed by atoms with Gasteiger partial charge in [-0.1, -0.05) is 24.3 Å². The van der Waals surface area contributed by atoms with E-state index in [1.807, 2.05) is 43.0 Å². The number of para-hydroxylation sites is 1. The number of aromatic nitrogens is 1. The fourth-order valence-corrected chi connectivity index (χ4v) is 4.51. The highest BCUT2D eigenvalue weighted by Gasteiger charge is 2.43. The maximum atomic E-state index is 13.1. The zero-order chi connectivity index (χ0) is 19.0. The molecule has 0 aliphatic carbocycles. The predicted molar refractivity (Wildman–Crippen MR) is 106 cm³/mol. The molecule has 1 aromatic carbocycles. The van der Waals surface area contributed by atoms with Crippen LogP contribution in [0.4, 0.5) is 0 Å². The van der Waals surface area contributed by atoms with E-state index in [1.54, 1.807) is 0 Å². The highest BCUT2D eigenvalue weighted by molar-refractivity contribution is 5.86. The summed E-state index contributed by atoms with van der Waals surface area (Å²) < 4.78 is 0. The highest BCUT2D eigenvalue weighted by atomic mass is 16.3. The first-order valence-electron chi connectivity index (χ1n) is 10.0. The second kappa shape index (κ2) is 7.21. The minimum absolute atomic E-state index is 0.0389. The van der Waals surface area contributed by atoms with Gasteiger partial charge in [-0.2, -0.15) is 0 Å². The zero-order valence-electron chi connectivity index (χ0n) is 16.3. The van der Waals surface area contributed by atoms with E-state index in [0.717, 1.165) is 42.5 Å². The number of β-amino-alcohol motifs (C(OH)–C–C–N with tert-alkyl or cyclic N) is 1. The molecule has 144 valence electrons. The van der Waals surface area contributed by atoms with Crippen molar-refractivity contribution in [1.29, 1.82) is 0 Å². The van der Waals surface area contributed by atoms with Crippen LogP contribution in [0.3, 0.4) is 0 Å². The number of aliphatic hydroxyl groups excluding tert-OH is 1. The number of amides is 1. The number of likely N-dealkylation sites (tertiary alicyclic amines) is 2. The minimum atomic E-state index is -0.494. The summed E-state index contributed by atoms with van der Waals surface area (Å²) in [5.74, 6) is 0.175. The number of benzene rings is 1. The summed E-state index contributed by atoms with van der Waals surface area (Å²) in [5, 5.41) is 11.7. The smallest absolute Gasteiger partial charge is 0.242 e. The number of carbonyl (C=O) groups excluding carboxylic acids is 1. The van der Waals surface area contributed by atoms with E-state index in [-0.39, 0.29) is 11.8 Å². The number of aliphatic hydroxyl groups is 1. The molecule has 1 aromatic heterocycles. The Bertz CT molecular complexity index is 829. The lowest BCUT2D eigenvalue weighted by Crippen LogP contribution is -2.54. The number of nitrogens with zero attached hydrogens (tertiary/aromatic N) is 3. The molecule has 2 aromatic rings. The van der Waals surface area contributed by atoms with E-state index in [2.05, 4.69) is 17.0 Å². The van der Waals surface area contributed by atoms with Crippen molar-refractivity contribution < 1.29 is 9.90 Å². The van der Waals surface area contributed by atoms with Gasteiger partial charge in [-0.25, -0.2) is 0 Å². The van der Waals surface area contributed by atoms with Crippen LogP contribution in [-0.2, 0) is 11.2 Å². The molecule has 5 heteroatoms. The third-order valence-electron chi connectivity index (χ3n) is 6.24. The third kappa shape index (κ3) is 3.58. The number of hydrogen-bond acceptors (Lipinski definition) is 4. The van der Waals surface area contributed by atoms with Gasteiger partial charge < -0.3 is 10.0 Å². The summed E-state index contributed by atoms with van der Waals surface area (Å²) in [6.07, 6.45) is 2.53. The predicted octanol–water partition coefficient (Wildman–Crippen LogP) is 2.47. The molecule has 27 heavy (non-hydrogen) atoms. The van der Waals surface area contributed by atoms with Gasteiger partial charge in [0.15, 0.2) is 0 Å². The molecule has 2 atom stereocenters. The van der Waals surface area contributed by atoms with E-state index in [9.17, 15) is 9.90 Å². The van der Waals surface area contributed by atoms with Crippen LogP contribution in [0.5, 0.6) is 0 Å². The molecular weight excluding hydrogens is 338 g/mol. The number of fused-ring (bicyclic) bond motifs is 1. The van der Waals surface area contributed by atoms with Gasteiger partial charge in [0.1, 0.15) is 0 Å².